The predicted molar refractivity (Wildman–Crippen MR) is 181 cm³/mol. The normalized spacial score (nSPS) is 14.2. The van der Waals surface area contributed by atoms with E-state index in [4.69, 9.17) is 24.9 Å². The van der Waals surface area contributed by atoms with Crippen LogP contribution in [0.1, 0.15) is 115 Å². The monoisotopic (exact) mass is 566 g/mol. The Kier molecular flexibility index (Phi) is 9.99. The maximum atomic E-state index is 5.90. The Labute approximate surface area is 253 Å². The third-order valence-corrected chi connectivity index (χ3v) is 9.71. The number of fused-ring (bicyclic) bond motifs is 3. The molecule has 1 heterocycles. The van der Waals surface area contributed by atoms with Crippen molar-refractivity contribution in [1.29, 1.82) is 0 Å². The fourth-order valence-corrected chi connectivity index (χ4v) is 7.47. The van der Waals surface area contributed by atoms with Gasteiger partial charge >= 0.3 is 0 Å². The van der Waals surface area contributed by atoms with Crippen LogP contribution in [-0.4, -0.2) is 13.1 Å². The zero-order valence-electron chi connectivity index (χ0n) is 25.7. The van der Waals surface area contributed by atoms with E-state index in [-0.39, 0.29) is 0 Å². The van der Waals surface area contributed by atoms with E-state index in [1.165, 1.54) is 105 Å². The van der Waals surface area contributed by atoms with Crippen molar-refractivity contribution in [3.63, 3.8) is 0 Å². The topological polar surface area (TPSA) is 38.0 Å². The summed E-state index contributed by atoms with van der Waals surface area (Å²) in [6.45, 7) is 13.3. The van der Waals surface area contributed by atoms with Crippen LogP contribution in [0.4, 0.5) is 5.69 Å². The third-order valence-electron chi connectivity index (χ3n) is 9.34. The van der Waals surface area contributed by atoms with Crippen LogP contribution in [0.2, 0.25) is 0 Å². The molecule has 0 radical (unpaired) electrons. The lowest BCUT2D eigenvalue weighted by molar-refractivity contribution is 0.736. The molecule has 5 rings (SSSR count). The summed E-state index contributed by atoms with van der Waals surface area (Å²) in [6.07, 6.45) is 14.9. The molecule has 0 atom stereocenters. The van der Waals surface area contributed by atoms with E-state index in [0.29, 0.717) is 0 Å². The molecule has 0 saturated heterocycles. The first-order valence-corrected chi connectivity index (χ1v) is 16.7. The molecule has 1 aliphatic heterocycles. The molecule has 0 aromatic heterocycles. The lowest BCUT2D eigenvalue weighted by atomic mass is 9.76. The number of aryl methyl sites for hydroxylation is 3. The highest BCUT2D eigenvalue weighted by Gasteiger charge is 2.28. The molecule has 2 aliphatic rings. The summed E-state index contributed by atoms with van der Waals surface area (Å²) in [5.41, 5.74) is 21.7. The molecule has 0 saturated carbocycles. The van der Waals surface area contributed by atoms with Gasteiger partial charge in [0, 0.05) is 17.1 Å². The summed E-state index contributed by atoms with van der Waals surface area (Å²) in [5, 5.41) is 6.59. The number of unbranched alkanes of at least 4 members (excludes halogenated alkanes) is 3. The lowest BCUT2D eigenvalue weighted by Gasteiger charge is -2.30. The van der Waals surface area contributed by atoms with Crippen molar-refractivity contribution in [1.82, 2.24) is 0 Å². The predicted octanol–water partition coefficient (Wildman–Crippen LogP) is 7.56. The number of thiol groups is 1. The first kappa shape index (κ1) is 30.0. The molecular formula is C38H50N2S. The van der Waals surface area contributed by atoms with Crippen molar-refractivity contribution >= 4 is 30.5 Å². The van der Waals surface area contributed by atoms with Crippen LogP contribution >= 0.6 is 12.6 Å². The van der Waals surface area contributed by atoms with E-state index < -0.39 is 0 Å². The summed E-state index contributed by atoms with van der Waals surface area (Å²) in [5.74, 6) is 0. The number of rotatable bonds is 11. The van der Waals surface area contributed by atoms with E-state index >= 15 is 0 Å². The van der Waals surface area contributed by atoms with Gasteiger partial charge in [0.1, 0.15) is 0 Å². The number of hydrogen-bond donors (Lipinski definition) is 3. The molecule has 0 unspecified atom stereocenters. The van der Waals surface area contributed by atoms with Crippen LogP contribution in [0.3, 0.4) is 0 Å². The lowest BCUT2D eigenvalue weighted by Crippen LogP contribution is -2.31. The summed E-state index contributed by atoms with van der Waals surface area (Å²) in [6, 6.07) is 11.9. The minimum atomic E-state index is 0.747. The summed E-state index contributed by atoms with van der Waals surface area (Å²) >= 11 is 5.10. The second-order valence-electron chi connectivity index (χ2n) is 12.3. The molecule has 3 aromatic rings. The van der Waals surface area contributed by atoms with E-state index in [9.17, 15) is 0 Å². The van der Waals surface area contributed by atoms with Crippen molar-refractivity contribution in [3.8, 4) is 0 Å². The van der Waals surface area contributed by atoms with Gasteiger partial charge in [-0.3, -0.25) is 0 Å². The zero-order chi connectivity index (χ0) is 28.9. The number of nitrogens with two attached hydrogens (primary N) is 1. The molecule has 0 bridgehead atoms. The van der Waals surface area contributed by atoms with Gasteiger partial charge in [0.2, 0.25) is 0 Å². The van der Waals surface area contributed by atoms with Crippen LogP contribution in [0.5, 0.6) is 0 Å². The SMILES string of the molecule is C=c1c(CCCCN)cc2c(c1CCCC)Cc1c(cc3c(c1CCCC)NCCCC3)C=2c1ccc(C)cc1S. The Morgan fingerprint density at radius 1 is 0.878 bits per heavy atom. The highest BCUT2D eigenvalue weighted by Crippen LogP contribution is 2.41. The molecule has 218 valence electrons. The Balaban J connectivity index is 1.89. The average Bonchev–Trinajstić information content (AvgIpc) is 3.20. The van der Waals surface area contributed by atoms with Gasteiger partial charge in [-0.15, -0.1) is 12.6 Å². The van der Waals surface area contributed by atoms with E-state index in [2.05, 4.69) is 56.4 Å². The molecule has 3 N–H and O–H groups in total. The van der Waals surface area contributed by atoms with Gasteiger partial charge < -0.3 is 11.1 Å². The smallest absolute Gasteiger partial charge is 0.0408 e. The van der Waals surface area contributed by atoms with Crippen molar-refractivity contribution < 1.29 is 0 Å². The number of anilines is 1. The highest BCUT2D eigenvalue weighted by atomic mass is 32.1. The fraction of sp³-hybridized carbons (Fsp3) is 0.474. The van der Waals surface area contributed by atoms with Crippen LogP contribution in [0.25, 0.3) is 12.2 Å². The first-order chi connectivity index (χ1) is 20.0. The molecule has 3 heteroatoms. The molecule has 1 aliphatic carbocycles. The van der Waals surface area contributed by atoms with Gasteiger partial charge in [0.25, 0.3) is 0 Å². The Morgan fingerprint density at radius 3 is 2.39 bits per heavy atom. The van der Waals surface area contributed by atoms with Gasteiger partial charge in [0.05, 0.1) is 0 Å². The standard InChI is InChI=1S/C38H50N2S/c1-5-7-15-29-26(4)27(13-9-11-19-39)22-34-32(29)24-33-30(16-8-6-2)38-28(14-10-12-20-40-38)23-35(33)37(34)31-18-17-25(3)21-36(31)41/h17-18,21-23,40-41H,4-16,19-20,24,39H2,1-3H3. The largest absolute Gasteiger partial charge is 0.385 e. The summed E-state index contributed by atoms with van der Waals surface area (Å²) in [4.78, 5) is 1.07. The Morgan fingerprint density at radius 2 is 1.66 bits per heavy atom. The van der Waals surface area contributed by atoms with E-state index in [1.807, 2.05) is 0 Å². The second kappa shape index (κ2) is 13.7. The quantitative estimate of drug-likeness (QED) is 0.129. The van der Waals surface area contributed by atoms with Gasteiger partial charge in [-0.25, -0.2) is 0 Å². The molecule has 41 heavy (non-hydrogen) atoms. The van der Waals surface area contributed by atoms with Crippen molar-refractivity contribution in [3.05, 3.63) is 90.8 Å². The molecular weight excluding hydrogens is 516 g/mol. The van der Waals surface area contributed by atoms with Crippen molar-refractivity contribution in [2.75, 3.05) is 18.4 Å². The molecule has 0 fully saturated rings. The Bertz CT molecular complexity index is 1520. The Hall–Kier alpha value is -2.49. The highest BCUT2D eigenvalue weighted by molar-refractivity contribution is 7.80. The zero-order valence-corrected chi connectivity index (χ0v) is 26.6. The summed E-state index contributed by atoms with van der Waals surface area (Å²) in [7, 11) is 0. The fourth-order valence-electron chi connectivity index (χ4n) is 7.08. The molecule has 0 spiro atoms. The number of hydrogen-bond acceptors (Lipinski definition) is 3. The minimum Gasteiger partial charge on any atom is -0.385 e. The van der Waals surface area contributed by atoms with Gasteiger partial charge in [0.15, 0.2) is 0 Å². The number of nitrogens with one attached hydrogen (secondary N) is 1. The van der Waals surface area contributed by atoms with Crippen LogP contribution in [-0.2, 0) is 32.1 Å². The average molecular weight is 567 g/mol. The maximum Gasteiger partial charge on any atom is 0.0408 e. The van der Waals surface area contributed by atoms with Gasteiger partial charge in [-0.2, -0.15) is 0 Å². The molecule has 2 nitrogen and oxygen atoms in total. The number of benzene rings is 3. The molecule has 0 amide bonds. The third kappa shape index (κ3) is 6.18. The maximum absolute atomic E-state index is 5.90. The van der Waals surface area contributed by atoms with E-state index in [1.54, 1.807) is 5.56 Å². The first-order valence-electron chi connectivity index (χ1n) is 16.3. The second-order valence-corrected chi connectivity index (χ2v) is 12.8. The minimum absolute atomic E-state index is 0.747. The van der Waals surface area contributed by atoms with E-state index in [0.717, 1.165) is 62.9 Å². The van der Waals surface area contributed by atoms with Gasteiger partial charge in [-0.05, 0) is 162 Å². The summed E-state index contributed by atoms with van der Waals surface area (Å²) < 4.78 is 0. The van der Waals surface area contributed by atoms with Gasteiger partial charge in [-0.1, -0.05) is 51.5 Å². The van der Waals surface area contributed by atoms with Crippen molar-refractivity contribution in [2.24, 2.45) is 5.73 Å². The van der Waals surface area contributed by atoms with Crippen molar-refractivity contribution in [2.45, 2.75) is 109 Å². The van der Waals surface area contributed by atoms with Crippen LogP contribution in [0, 0.1) is 6.92 Å². The van der Waals surface area contributed by atoms with Crippen LogP contribution < -0.4 is 21.5 Å². The molecule has 3 aromatic carbocycles. The van der Waals surface area contributed by atoms with Crippen LogP contribution in [0.15, 0.2) is 35.2 Å².